The average molecular weight is 485 g/mol. The third-order valence-electron chi connectivity index (χ3n) is 5.05. The van der Waals surface area contributed by atoms with E-state index in [2.05, 4.69) is 15.0 Å². The predicted molar refractivity (Wildman–Crippen MR) is 123 cm³/mol. The van der Waals surface area contributed by atoms with Gasteiger partial charge in [0.15, 0.2) is 0 Å². The number of carbonyl (C=O) groups is 1. The lowest BCUT2D eigenvalue weighted by atomic mass is 10.1. The van der Waals surface area contributed by atoms with Crippen LogP contribution in [0.3, 0.4) is 0 Å². The number of benzene rings is 3. The van der Waals surface area contributed by atoms with Crippen LogP contribution in [0.15, 0.2) is 83.9 Å². The number of rotatable bonds is 5. The van der Waals surface area contributed by atoms with Gasteiger partial charge in [-0.1, -0.05) is 35.9 Å². The Balaban J connectivity index is 1.75. The quantitative estimate of drug-likeness (QED) is 0.384. The van der Waals surface area contributed by atoms with Crippen LogP contribution in [-0.2, 0) is 16.2 Å². The van der Waals surface area contributed by atoms with Crippen molar-refractivity contribution >= 4 is 38.2 Å². The van der Waals surface area contributed by atoms with Gasteiger partial charge in [0, 0.05) is 11.6 Å². The topological polar surface area (TPSA) is 88.2 Å². The number of para-hydroxylation sites is 1. The Morgan fingerprint density at radius 3 is 2.32 bits per heavy atom. The molecule has 1 heterocycles. The summed E-state index contributed by atoms with van der Waals surface area (Å²) in [7, 11) is -4.17. The molecule has 1 aromatic heterocycles. The molecule has 174 valence electrons. The van der Waals surface area contributed by atoms with Crippen molar-refractivity contribution in [3.63, 3.8) is 0 Å². The minimum absolute atomic E-state index is 0.0948. The van der Waals surface area contributed by atoms with Crippen LogP contribution in [-0.4, -0.2) is 19.3 Å². The molecular weight excluding hydrogens is 467 g/mol. The standard InChI is InChI=1S/C24H18F3N3O3S/c1-15-7-10-18(11-8-15)34(32,33)30-20-12-9-17(24(25,26)27)14-19(20)23(31)29-21-6-2-4-16-5-3-13-28-22(16)21/h2-14,30H,1H3,(H,29,31). The molecule has 3 aromatic carbocycles. The van der Waals surface area contributed by atoms with Crippen molar-refractivity contribution < 1.29 is 26.4 Å². The van der Waals surface area contributed by atoms with Gasteiger partial charge in [0.25, 0.3) is 15.9 Å². The summed E-state index contributed by atoms with van der Waals surface area (Å²) in [6.45, 7) is 1.78. The minimum Gasteiger partial charge on any atom is -0.320 e. The van der Waals surface area contributed by atoms with Crippen molar-refractivity contribution in [3.8, 4) is 0 Å². The lowest BCUT2D eigenvalue weighted by Crippen LogP contribution is -2.20. The number of anilines is 2. The first kappa shape index (κ1) is 23.2. The van der Waals surface area contributed by atoms with Gasteiger partial charge in [0.2, 0.25) is 0 Å². The van der Waals surface area contributed by atoms with E-state index in [4.69, 9.17) is 0 Å². The van der Waals surface area contributed by atoms with Gasteiger partial charge in [-0.25, -0.2) is 8.42 Å². The summed E-state index contributed by atoms with van der Waals surface area (Å²) in [5.74, 6) is -0.925. The molecule has 0 fully saturated rings. The van der Waals surface area contributed by atoms with E-state index >= 15 is 0 Å². The Bertz CT molecular complexity index is 1480. The number of fused-ring (bicyclic) bond motifs is 1. The number of halogens is 3. The second-order valence-electron chi connectivity index (χ2n) is 7.51. The lowest BCUT2D eigenvalue weighted by Gasteiger charge is -2.16. The van der Waals surface area contributed by atoms with Crippen molar-refractivity contribution in [2.24, 2.45) is 0 Å². The third-order valence-corrected chi connectivity index (χ3v) is 6.43. The number of pyridine rings is 1. The van der Waals surface area contributed by atoms with Gasteiger partial charge in [-0.3, -0.25) is 14.5 Å². The summed E-state index contributed by atoms with van der Waals surface area (Å²) < 4.78 is 68.0. The van der Waals surface area contributed by atoms with Gasteiger partial charge in [-0.2, -0.15) is 13.2 Å². The van der Waals surface area contributed by atoms with Gasteiger partial charge in [0.1, 0.15) is 0 Å². The Kier molecular flexibility index (Phi) is 6.01. The number of hydrogen-bond donors (Lipinski definition) is 2. The van der Waals surface area contributed by atoms with E-state index in [1.54, 1.807) is 49.4 Å². The van der Waals surface area contributed by atoms with E-state index in [0.717, 1.165) is 11.6 Å². The fourth-order valence-electron chi connectivity index (χ4n) is 3.31. The predicted octanol–water partition coefficient (Wildman–Crippen LogP) is 5.62. The first-order chi connectivity index (χ1) is 16.0. The van der Waals surface area contributed by atoms with Gasteiger partial charge in [-0.05, 0) is 49.4 Å². The number of amides is 1. The molecule has 0 saturated heterocycles. The summed E-state index contributed by atoms with van der Waals surface area (Å²) in [4.78, 5) is 17.2. The molecule has 0 aliphatic carbocycles. The summed E-state index contributed by atoms with van der Waals surface area (Å²) in [6.07, 6.45) is -3.21. The summed E-state index contributed by atoms with van der Waals surface area (Å²) in [5.41, 5.74) is -0.332. The normalized spacial score (nSPS) is 11.9. The maximum atomic E-state index is 13.4. The Morgan fingerprint density at radius 1 is 0.912 bits per heavy atom. The molecule has 4 rings (SSSR count). The highest BCUT2D eigenvalue weighted by atomic mass is 32.2. The fourth-order valence-corrected chi connectivity index (χ4v) is 4.39. The molecule has 0 aliphatic rings. The van der Waals surface area contributed by atoms with Crippen LogP contribution in [0.2, 0.25) is 0 Å². The number of nitrogens with one attached hydrogen (secondary N) is 2. The molecule has 4 aromatic rings. The van der Waals surface area contributed by atoms with Crippen molar-refractivity contribution in [1.29, 1.82) is 0 Å². The fraction of sp³-hybridized carbons (Fsp3) is 0.0833. The third kappa shape index (κ3) is 4.86. The van der Waals surface area contributed by atoms with E-state index in [0.29, 0.717) is 23.0 Å². The molecule has 10 heteroatoms. The van der Waals surface area contributed by atoms with Gasteiger partial charge in [-0.15, -0.1) is 0 Å². The number of hydrogen-bond acceptors (Lipinski definition) is 4. The largest absolute Gasteiger partial charge is 0.416 e. The highest BCUT2D eigenvalue weighted by Gasteiger charge is 2.32. The van der Waals surface area contributed by atoms with Crippen LogP contribution in [0.5, 0.6) is 0 Å². The molecule has 0 spiro atoms. The second-order valence-corrected chi connectivity index (χ2v) is 9.19. The molecule has 0 aliphatic heterocycles. The van der Waals surface area contributed by atoms with Crippen molar-refractivity contribution in [2.45, 2.75) is 18.0 Å². The van der Waals surface area contributed by atoms with Crippen LogP contribution >= 0.6 is 0 Å². The zero-order valence-electron chi connectivity index (χ0n) is 17.7. The molecule has 0 radical (unpaired) electrons. The number of sulfonamides is 1. The molecule has 0 bridgehead atoms. The summed E-state index contributed by atoms with van der Waals surface area (Å²) in [5, 5.41) is 3.26. The van der Waals surface area contributed by atoms with E-state index in [1.165, 1.54) is 18.3 Å². The monoisotopic (exact) mass is 485 g/mol. The summed E-state index contributed by atoms with van der Waals surface area (Å²) >= 11 is 0. The van der Waals surface area contributed by atoms with Crippen LogP contribution in [0.1, 0.15) is 21.5 Å². The second kappa shape index (κ2) is 8.79. The molecule has 6 nitrogen and oxygen atoms in total. The van der Waals surface area contributed by atoms with E-state index < -0.39 is 33.2 Å². The SMILES string of the molecule is Cc1ccc(S(=O)(=O)Nc2ccc(C(F)(F)F)cc2C(=O)Nc2cccc3cccnc23)cc1. The zero-order valence-corrected chi connectivity index (χ0v) is 18.5. The Morgan fingerprint density at radius 2 is 1.62 bits per heavy atom. The maximum Gasteiger partial charge on any atom is 0.416 e. The highest BCUT2D eigenvalue weighted by molar-refractivity contribution is 7.92. The summed E-state index contributed by atoms with van der Waals surface area (Å²) in [6, 6.07) is 16.6. The smallest absolute Gasteiger partial charge is 0.320 e. The zero-order chi connectivity index (χ0) is 24.5. The molecule has 34 heavy (non-hydrogen) atoms. The number of aryl methyl sites for hydroxylation is 1. The van der Waals surface area contributed by atoms with Crippen LogP contribution in [0.25, 0.3) is 10.9 Å². The number of aromatic nitrogens is 1. The van der Waals surface area contributed by atoms with Crippen molar-refractivity contribution in [1.82, 2.24) is 4.98 Å². The average Bonchev–Trinajstić information content (AvgIpc) is 2.79. The van der Waals surface area contributed by atoms with Gasteiger partial charge < -0.3 is 5.32 Å². The Labute approximate surface area is 193 Å². The molecule has 1 amide bonds. The first-order valence-electron chi connectivity index (χ1n) is 10.0. The highest BCUT2D eigenvalue weighted by Crippen LogP contribution is 2.33. The number of carbonyl (C=O) groups excluding carboxylic acids is 1. The van der Waals surface area contributed by atoms with Gasteiger partial charge in [0.05, 0.1) is 32.9 Å². The van der Waals surface area contributed by atoms with E-state index in [-0.39, 0.29) is 16.3 Å². The minimum atomic E-state index is -4.73. The van der Waals surface area contributed by atoms with Crippen molar-refractivity contribution in [2.75, 3.05) is 10.0 Å². The molecule has 0 unspecified atom stereocenters. The van der Waals surface area contributed by atoms with E-state index in [9.17, 15) is 26.4 Å². The lowest BCUT2D eigenvalue weighted by molar-refractivity contribution is -0.137. The van der Waals surface area contributed by atoms with Crippen LogP contribution in [0.4, 0.5) is 24.5 Å². The van der Waals surface area contributed by atoms with Gasteiger partial charge >= 0.3 is 6.18 Å². The molecule has 0 atom stereocenters. The maximum absolute atomic E-state index is 13.4. The molecule has 0 saturated carbocycles. The van der Waals surface area contributed by atoms with E-state index in [1.807, 2.05) is 0 Å². The Hall–Kier alpha value is -3.92. The molecular formula is C24H18F3N3O3S. The van der Waals surface area contributed by atoms with Crippen LogP contribution in [0, 0.1) is 6.92 Å². The van der Waals surface area contributed by atoms with Crippen LogP contribution < -0.4 is 10.0 Å². The molecule has 2 N–H and O–H groups in total. The first-order valence-corrected chi connectivity index (χ1v) is 11.5. The number of nitrogens with zero attached hydrogens (tertiary/aromatic N) is 1. The number of alkyl halides is 3. The van der Waals surface area contributed by atoms with Crippen molar-refractivity contribution in [3.05, 3.63) is 95.7 Å².